The fourth-order valence-corrected chi connectivity index (χ4v) is 1.20. The Labute approximate surface area is 108 Å². The van der Waals surface area contributed by atoms with Crippen LogP contribution in [-0.4, -0.2) is 28.7 Å². The van der Waals surface area contributed by atoms with E-state index in [9.17, 15) is 9.59 Å². The topological polar surface area (TPSA) is 87.7 Å². The number of carbonyl (C=O) groups excluding carboxylic acids is 1. The summed E-state index contributed by atoms with van der Waals surface area (Å²) in [7, 11) is 0. The van der Waals surface area contributed by atoms with Crippen LogP contribution < -0.4 is 10.8 Å². The zero-order valence-corrected chi connectivity index (χ0v) is 12.0. The van der Waals surface area contributed by atoms with Crippen LogP contribution in [0.15, 0.2) is 0 Å². The van der Waals surface area contributed by atoms with E-state index in [1.807, 2.05) is 20.8 Å². The standard InChI is InChI=1S/C12H24N2O4/c1-11(2,3)7-8(9(15)16)13-10(17)14-18-12(4,5)6/h8H,7H2,1-6H3,(H,15,16)(H2,13,14,17). The SMILES string of the molecule is CC(C)(C)CC(NC(=O)NOC(C)(C)C)C(=O)O. The zero-order valence-electron chi connectivity index (χ0n) is 12.0. The van der Waals surface area contributed by atoms with Crippen molar-refractivity contribution in [1.29, 1.82) is 0 Å². The summed E-state index contributed by atoms with van der Waals surface area (Å²) in [6.45, 7) is 11.1. The largest absolute Gasteiger partial charge is 0.480 e. The Hall–Kier alpha value is -1.30. The van der Waals surface area contributed by atoms with Gasteiger partial charge in [0.15, 0.2) is 0 Å². The summed E-state index contributed by atoms with van der Waals surface area (Å²) in [5.74, 6) is -1.06. The number of urea groups is 1. The summed E-state index contributed by atoms with van der Waals surface area (Å²) in [4.78, 5) is 27.6. The van der Waals surface area contributed by atoms with Crippen LogP contribution in [0.2, 0.25) is 0 Å². The lowest BCUT2D eigenvalue weighted by Gasteiger charge is -2.25. The number of hydrogen-bond acceptors (Lipinski definition) is 3. The first-order valence-electron chi connectivity index (χ1n) is 5.88. The quantitative estimate of drug-likeness (QED) is 0.674. The summed E-state index contributed by atoms with van der Waals surface area (Å²) in [5, 5.41) is 11.4. The number of hydrogen-bond donors (Lipinski definition) is 3. The van der Waals surface area contributed by atoms with Crippen molar-refractivity contribution in [3.63, 3.8) is 0 Å². The maximum Gasteiger partial charge on any atom is 0.339 e. The molecule has 18 heavy (non-hydrogen) atoms. The Morgan fingerprint density at radius 2 is 1.67 bits per heavy atom. The molecule has 0 aliphatic carbocycles. The van der Waals surface area contributed by atoms with E-state index < -0.39 is 23.6 Å². The van der Waals surface area contributed by atoms with Gasteiger partial charge in [-0.2, -0.15) is 0 Å². The molecule has 1 atom stereocenters. The highest BCUT2D eigenvalue weighted by atomic mass is 16.7. The molecule has 0 bridgehead atoms. The molecule has 0 saturated carbocycles. The van der Waals surface area contributed by atoms with Crippen molar-refractivity contribution in [1.82, 2.24) is 10.8 Å². The molecular weight excluding hydrogens is 236 g/mol. The van der Waals surface area contributed by atoms with Gasteiger partial charge in [0.2, 0.25) is 0 Å². The fourth-order valence-electron chi connectivity index (χ4n) is 1.20. The second-order valence-corrected chi connectivity index (χ2v) is 6.45. The van der Waals surface area contributed by atoms with Gasteiger partial charge in [-0.05, 0) is 32.6 Å². The van der Waals surface area contributed by atoms with Gasteiger partial charge >= 0.3 is 12.0 Å². The Morgan fingerprint density at radius 1 is 1.17 bits per heavy atom. The van der Waals surface area contributed by atoms with Crippen molar-refractivity contribution in [2.75, 3.05) is 0 Å². The fraction of sp³-hybridized carbons (Fsp3) is 0.833. The molecule has 6 nitrogen and oxygen atoms in total. The molecule has 0 aliphatic heterocycles. The van der Waals surface area contributed by atoms with Crippen LogP contribution in [0.3, 0.4) is 0 Å². The van der Waals surface area contributed by atoms with Crippen molar-refractivity contribution in [3.05, 3.63) is 0 Å². The maximum atomic E-state index is 11.5. The summed E-state index contributed by atoms with van der Waals surface area (Å²) >= 11 is 0. The van der Waals surface area contributed by atoms with E-state index in [1.165, 1.54) is 0 Å². The van der Waals surface area contributed by atoms with Crippen molar-refractivity contribution in [2.45, 2.75) is 59.6 Å². The third-order valence-corrected chi connectivity index (χ3v) is 1.87. The van der Waals surface area contributed by atoms with Crippen LogP contribution >= 0.6 is 0 Å². The van der Waals surface area contributed by atoms with Crippen LogP contribution in [0.25, 0.3) is 0 Å². The molecule has 3 N–H and O–H groups in total. The number of nitrogens with one attached hydrogen (secondary N) is 2. The molecule has 0 fully saturated rings. The molecule has 0 rings (SSSR count). The molecule has 0 aliphatic rings. The van der Waals surface area contributed by atoms with Gasteiger partial charge in [0.25, 0.3) is 0 Å². The van der Waals surface area contributed by atoms with Crippen LogP contribution in [0, 0.1) is 5.41 Å². The van der Waals surface area contributed by atoms with Gasteiger partial charge in [0.1, 0.15) is 6.04 Å². The number of rotatable bonds is 4. The lowest BCUT2D eigenvalue weighted by atomic mass is 9.88. The average Bonchev–Trinajstić information content (AvgIpc) is 2.10. The highest BCUT2D eigenvalue weighted by Gasteiger charge is 2.26. The van der Waals surface area contributed by atoms with E-state index in [-0.39, 0.29) is 5.41 Å². The van der Waals surface area contributed by atoms with Gasteiger partial charge < -0.3 is 10.4 Å². The minimum Gasteiger partial charge on any atom is -0.480 e. The second-order valence-electron chi connectivity index (χ2n) is 6.45. The third kappa shape index (κ3) is 8.81. The molecule has 2 amide bonds. The maximum absolute atomic E-state index is 11.5. The average molecular weight is 260 g/mol. The lowest BCUT2D eigenvalue weighted by molar-refractivity contribution is -0.140. The second kappa shape index (κ2) is 6.04. The Balaban J connectivity index is 4.34. The van der Waals surface area contributed by atoms with Gasteiger partial charge in [-0.15, -0.1) is 0 Å². The normalized spacial score (nSPS) is 13.9. The predicted octanol–water partition coefficient (Wildman–Crippen LogP) is 1.91. The minimum absolute atomic E-state index is 0.193. The van der Waals surface area contributed by atoms with E-state index in [4.69, 9.17) is 9.94 Å². The molecule has 0 aromatic heterocycles. The van der Waals surface area contributed by atoms with Crippen LogP contribution in [0.5, 0.6) is 0 Å². The molecule has 0 heterocycles. The van der Waals surface area contributed by atoms with Crippen molar-refractivity contribution < 1.29 is 19.5 Å². The smallest absolute Gasteiger partial charge is 0.339 e. The first kappa shape index (κ1) is 16.7. The lowest BCUT2D eigenvalue weighted by Crippen LogP contribution is -2.48. The molecule has 0 radical (unpaired) electrons. The minimum atomic E-state index is -1.06. The summed E-state index contributed by atoms with van der Waals surface area (Å²) in [6, 6.07) is -1.59. The van der Waals surface area contributed by atoms with Crippen LogP contribution in [0.4, 0.5) is 4.79 Å². The molecule has 6 heteroatoms. The zero-order chi connectivity index (χ0) is 14.6. The first-order chi connectivity index (χ1) is 7.91. The molecule has 1 unspecified atom stereocenters. The molecule has 106 valence electrons. The summed E-state index contributed by atoms with van der Waals surface area (Å²) < 4.78 is 0. The van der Waals surface area contributed by atoms with Crippen molar-refractivity contribution >= 4 is 12.0 Å². The Kier molecular flexibility index (Phi) is 5.60. The van der Waals surface area contributed by atoms with E-state index in [2.05, 4.69) is 10.8 Å². The Bertz CT molecular complexity index is 302. The van der Waals surface area contributed by atoms with Gasteiger partial charge in [0, 0.05) is 0 Å². The number of carboxylic acid groups (broad SMARTS) is 1. The van der Waals surface area contributed by atoms with Crippen molar-refractivity contribution in [2.24, 2.45) is 5.41 Å². The number of aliphatic carboxylic acids is 1. The number of carboxylic acids is 1. The number of amides is 2. The summed E-state index contributed by atoms with van der Waals surface area (Å²) in [6.07, 6.45) is 0.339. The van der Waals surface area contributed by atoms with Crippen molar-refractivity contribution in [3.8, 4) is 0 Å². The van der Waals surface area contributed by atoms with E-state index in [0.717, 1.165) is 0 Å². The van der Waals surface area contributed by atoms with Gasteiger partial charge in [-0.1, -0.05) is 20.8 Å². The third-order valence-electron chi connectivity index (χ3n) is 1.87. The first-order valence-corrected chi connectivity index (χ1v) is 5.88. The highest BCUT2D eigenvalue weighted by Crippen LogP contribution is 2.20. The van der Waals surface area contributed by atoms with E-state index in [0.29, 0.717) is 6.42 Å². The van der Waals surface area contributed by atoms with Gasteiger partial charge in [0.05, 0.1) is 5.60 Å². The van der Waals surface area contributed by atoms with Gasteiger partial charge in [-0.25, -0.2) is 15.1 Å². The molecule has 0 aromatic carbocycles. The Morgan fingerprint density at radius 3 is 2.00 bits per heavy atom. The highest BCUT2D eigenvalue weighted by molar-refractivity contribution is 5.81. The monoisotopic (exact) mass is 260 g/mol. The van der Waals surface area contributed by atoms with E-state index in [1.54, 1.807) is 20.8 Å². The van der Waals surface area contributed by atoms with Crippen LogP contribution in [-0.2, 0) is 9.63 Å². The molecule has 0 saturated heterocycles. The molecular formula is C12H24N2O4. The van der Waals surface area contributed by atoms with Crippen LogP contribution in [0.1, 0.15) is 48.0 Å². The molecule has 0 spiro atoms. The summed E-state index contributed by atoms with van der Waals surface area (Å²) in [5.41, 5.74) is 1.46. The van der Waals surface area contributed by atoms with E-state index >= 15 is 0 Å². The number of carbonyl (C=O) groups is 2. The molecule has 0 aromatic rings. The predicted molar refractivity (Wildman–Crippen MR) is 68.0 cm³/mol. The number of hydroxylamine groups is 1. The van der Waals surface area contributed by atoms with Gasteiger partial charge in [-0.3, -0.25) is 4.84 Å².